The zero-order chi connectivity index (χ0) is 15.5. The molecule has 22 heavy (non-hydrogen) atoms. The number of benzene rings is 2. The van der Waals surface area contributed by atoms with E-state index in [4.69, 9.17) is 16.3 Å². The van der Waals surface area contributed by atoms with Crippen molar-refractivity contribution >= 4 is 29.3 Å². The van der Waals surface area contributed by atoms with Crippen molar-refractivity contribution in [1.82, 2.24) is 4.90 Å². The van der Waals surface area contributed by atoms with E-state index in [2.05, 4.69) is 0 Å². The smallest absolute Gasteiger partial charge is 0.255 e. The average molecular weight is 334 g/mol. The second kappa shape index (κ2) is 6.63. The highest BCUT2D eigenvalue weighted by molar-refractivity contribution is 7.99. The van der Waals surface area contributed by atoms with Crippen molar-refractivity contribution in [1.29, 1.82) is 0 Å². The molecular formula is C17H16ClNO2S. The Bertz CT molecular complexity index is 692. The minimum absolute atomic E-state index is 0.0115. The van der Waals surface area contributed by atoms with Gasteiger partial charge in [0.15, 0.2) is 0 Å². The molecule has 1 saturated heterocycles. The van der Waals surface area contributed by atoms with Crippen molar-refractivity contribution in [3.63, 3.8) is 0 Å². The van der Waals surface area contributed by atoms with Crippen molar-refractivity contribution in [2.75, 3.05) is 19.4 Å². The highest BCUT2D eigenvalue weighted by atomic mass is 35.5. The number of hydrogen-bond acceptors (Lipinski definition) is 3. The summed E-state index contributed by atoms with van der Waals surface area (Å²) in [6.45, 7) is 0.734. The Balaban J connectivity index is 1.87. The second-order valence-corrected chi connectivity index (χ2v) is 6.63. The summed E-state index contributed by atoms with van der Waals surface area (Å²) >= 11 is 7.84. The Morgan fingerprint density at radius 2 is 2.09 bits per heavy atom. The fourth-order valence-corrected chi connectivity index (χ4v) is 3.98. The van der Waals surface area contributed by atoms with Gasteiger partial charge in [-0.1, -0.05) is 29.8 Å². The Kier molecular flexibility index (Phi) is 4.60. The van der Waals surface area contributed by atoms with E-state index in [1.54, 1.807) is 24.9 Å². The molecule has 1 aliphatic rings. The molecule has 0 saturated carbocycles. The third-order valence-electron chi connectivity index (χ3n) is 3.60. The van der Waals surface area contributed by atoms with Crippen molar-refractivity contribution in [2.45, 2.75) is 5.37 Å². The molecule has 1 aliphatic heterocycles. The highest BCUT2D eigenvalue weighted by Gasteiger charge is 2.31. The number of carbonyl (C=O) groups is 1. The average Bonchev–Trinajstić information content (AvgIpc) is 3.04. The summed E-state index contributed by atoms with van der Waals surface area (Å²) in [5.74, 6) is 1.64. The SMILES string of the molecule is COc1cccc(C(=O)N2CCS[C@@H]2c2cccc(Cl)c2)c1. The van der Waals surface area contributed by atoms with Crippen LogP contribution in [0.15, 0.2) is 48.5 Å². The van der Waals surface area contributed by atoms with Gasteiger partial charge >= 0.3 is 0 Å². The molecule has 1 heterocycles. The van der Waals surface area contributed by atoms with Gasteiger partial charge < -0.3 is 9.64 Å². The van der Waals surface area contributed by atoms with Gasteiger partial charge in [-0.05, 0) is 35.9 Å². The fraction of sp³-hybridized carbons (Fsp3) is 0.235. The normalized spacial score (nSPS) is 17.5. The molecule has 3 rings (SSSR count). The zero-order valence-electron chi connectivity index (χ0n) is 12.2. The predicted molar refractivity (Wildman–Crippen MR) is 90.7 cm³/mol. The lowest BCUT2D eigenvalue weighted by atomic mass is 10.1. The van der Waals surface area contributed by atoms with E-state index in [0.29, 0.717) is 16.3 Å². The van der Waals surface area contributed by atoms with Crippen LogP contribution in [-0.2, 0) is 0 Å². The Hall–Kier alpha value is -1.65. The molecule has 0 spiro atoms. The van der Waals surface area contributed by atoms with Crippen LogP contribution in [0.25, 0.3) is 0 Å². The number of hydrogen-bond donors (Lipinski definition) is 0. The second-order valence-electron chi connectivity index (χ2n) is 5.01. The van der Waals surface area contributed by atoms with Crippen LogP contribution in [0.3, 0.4) is 0 Å². The van der Waals surface area contributed by atoms with Gasteiger partial charge in [-0.25, -0.2) is 0 Å². The third-order valence-corrected chi connectivity index (χ3v) is 5.10. The Morgan fingerprint density at radius 1 is 1.27 bits per heavy atom. The van der Waals surface area contributed by atoms with Gasteiger partial charge in [0.1, 0.15) is 11.1 Å². The number of methoxy groups -OCH3 is 1. The first-order valence-corrected chi connectivity index (χ1v) is 8.44. The van der Waals surface area contributed by atoms with E-state index < -0.39 is 0 Å². The van der Waals surface area contributed by atoms with Crippen LogP contribution in [0.5, 0.6) is 5.75 Å². The third kappa shape index (κ3) is 3.08. The molecule has 0 aliphatic carbocycles. The molecular weight excluding hydrogens is 318 g/mol. The quantitative estimate of drug-likeness (QED) is 0.841. The first-order valence-electron chi connectivity index (χ1n) is 7.01. The minimum atomic E-state index is 0.0115. The van der Waals surface area contributed by atoms with Crippen molar-refractivity contribution < 1.29 is 9.53 Å². The van der Waals surface area contributed by atoms with Crippen LogP contribution in [0.1, 0.15) is 21.3 Å². The number of amides is 1. The molecule has 114 valence electrons. The summed E-state index contributed by atoms with van der Waals surface area (Å²) in [6, 6.07) is 15.0. The van der Waals surface area contributed by atoms with Crippen LogP contribution in [0.4, 0.5) is 0 Å². The van der Waals surface area contributed by atoms with E-state index in [1.165, 1.54) is 0 Å². The summed E-state index contributed by atoms with van der Waals surface area (Å²) in [5, 5.41) is 0.705. The summed E-state index contributed by atoms with van der Waals surface area (Å²) in [7, 11) is 1.60. The zero-order valence-corrected chi connectivity index (χ0v) is 13.7. The molecule has 0 bridgehead atoms. The lowest BCUT2D eigenvalue weighted by molar-refractivity contribution is 0.0760. The molecule has 1 fully saturated rings. The van der Waals surface area contributed by atoms with E-state index in [0.717, 1.165) is 17.9 Å². The lowest BCUT2D eigenvalue weighted by Gasteiger charge is -2.24. The summed E-state index contributed by atoms with van der Waals surface area (Å²) in [6.07, 6.45) is 0. The molecule has 5 heteroatoms. The van der Waals surface area contributed by atoms with Crippen LogP contribution in [0.2, 0.25) is 5.02 Å². The Morgan fingerprint density at radius 3 is 2.86 bits per heavy atom. The van der Waals surface area contributed by atoms with Gasteiger partial charge in [0.25, 0.3) is 5.91 Å². The lowest BCUT2D eigenvalue weighted by Crippen LogP contribution is -2.30. The molecule has 1 amide bonds. The predicted octanol–water partition coefficient (Wildman–Crippen LogP) is 4.24. The van der Waals surface area contributed by atoms with Crippen LogP contribution >= 0.6 is 23.4 Å². The van der Waals surface area contributed by atoms with Gasteiger partial charge in [-0.2, -0.15) is 0 Å². The van der Waals surface area contributed by atoms with E-state index in [9.17, 15) is 4.79 Å². The molecule has 0 aromatic heterocycles. The summed E-state index contributed by atoms with van der Waals surface area (Å²) < 4.78 is 5.20. The fourth-order valence-electron chi connectivity index (χ4n) is 2.54. The molecule has 3 nitrogen and oxygen atoms in total. The van der Waals surface area contributed by atoms with Gasteiger partial charge in [0.05, 0.1) is 7.11 Å². The Labute approximate surface area is 139 Å². The standard InChI is InChI=1S/C17H16ClNO2S/c1-21-15-7-3-4-12(11-15)16(20)19-8-9-22-17(19)13-5-2-6-14(18)10-13/h2-7,10-11,17H,8-9H2,1H3/t17-/m1/s1. The van der Waals surface area contributed by atoms with Crippen LogP contribution in [0, 0.1) is 0 Å². The number of carbonyl (C=O) groups excluding carboxylic acids is 1. The van der Waals surface area contributed by atoms with Gasteiger partial charge in [-0.15, -0.1) is 11.8 Å². The molecule has 0 N–H and O–H groups in total. The maximum Gasteiger partial charge on any atom is 0.255 e. The van der Waals surface area contributed by atoms with Crippen LogP contribution < -0.4 is 4.74 Å². The molecule has 0 radical (unpaired) electrons. The number of ether oxygens (including phenoxy) is 1. The summed E-state index contributed by atoms with van der Waals surface area (Å²) in [5.41, 5.74) is 1.71. The molecule has 0 unspecified atom stereocenters. The van der Waals surface area contributed by atoms with Crippen molar-refractivity contribution in [2.24, 2.45) is 0 Å². The first kappa shape index (κ1) is 15.3. The summed E-state index contributed by atoms with van der Waals surface area (Å²) in [4.78, 5) is 14.7. The van der Waals surface area contributed by atoms with E-state index >= 15 is 0 Å². The largest absolute Gasteiger partial charge is 0.497 e. The van der Waals surface area contributed by atoms with E-state index in [-0.39, 0.29) is 11.3 Å². The van der Waals surface area contributed by atoms with Gasteiger partial charge in [0.2, 0.25) is 0 Å². The van der Waals surface area contributed by atoms with Gasteiger partial charge in [-0.3, -0.25) is 4.79 Å². The number of nitrogens with zero attached hydrogens (tertiary/aromatic N) is 1. The number of thioether (sulfide) groups is 1. The van der Waals surface area contributed by atoms with Crippen molar-refractivity contribution in [3.8, 4) is 5.75 Å². The van der Waals surface area contributed by atoms with Crippen molar-refractivity contribution in [3.05, 3.63) is 64.7 Å². The topological polar surface area (TPSA) is 29.5 Å². The highest BCUT2D eigenvalue weighted by Crippen LogP contribution is 2.39. The number of rotatable bonds is 3. The monoisotopic (exact) mass is 333 g/mol. The molecule has 2 aromatic rings. The van der Waals surface area contributed by atoms with Gasteiger partial charge in [0, 0.05) is 22.9 Å². The maximum atomic E-state index is 12.8. The first-order chi connectivity index (χ1) is 10.7. The minimum Gasteiger partial charge on any atom is -0.497 e. The van der Waals surface area contributed by atoms with E-state index in [1.807, 2.05) is 47.4 Å². The molecule has 1 atom stereocenters. The molecule has 2 aromatic carbocycles. The maximum absolute atomic E-state index is 12.8. The number of halogens is 1. The van der Waals surface area contributed by atoms with Crippen LogP contribution in [-0.4, -0.2) is 30.2 Å².